The topological polar surface area (TPSA) is 67.8 Å². The molecule has 20 heavy (non-hydrogen) atoms. The van der Waals surface area contributed by atoms with Crippen LogP contribution in [0.1, 0.15) is 11.1 Å². The lowest BCUT2D eigenvalue weighted by Gasteiger charge is -2.10. The molecule has 104 valence electrons. The van der Waals surface area contributed by atoms with Crippen molar-refractivity contribution in [3.05, 3.63) is 53.6 Å². The van der Waals surface area contributed by atoms with Crippen LogP contribution in [0.15, 0.2) is 57.4 Å². The summed E-state index contributed by atoms with van der Waals surface area (Å²) in [5.41, 5.74) is 7.59. The Hall–Kier alpha value is -2.14. The molecule has 0 bridgehead atoms. The molecule has 0 saturated carbocycles. The number of hydrogen-bond acceptors (Lipinski definition) is 4. The molecule has 0 atom stereocenters. The molecule has 5 heteroatoms. The Morgan fingerprint density at radius 1 is 1.20 bits per heavy atom. The second-order valence-electron chi connectivity index (χ2n) is 4.26. The molecule has 4 nitrogen and oxygen atoms in total. The van der Waals surface area contributed by atoms with Crippen LogP contribution in [0.4, 0.5) is 0 Å². The first-order chi connectivity index (χ1) is 9.63. The summed E-state index contributed by atoms with van der Waals surface area (Å²) in [5, 5.41) is 11.9. The lowest BCUT2D eigenvalue weighted by atomic mass is 10.2. The standard InChI is InChI=1S/C15H16N2O2S/c1-10-3-6-12(7-4-10)20-14-9-11(19-2)5-8-13(14)15(16)17-18/h3-9,18H,1-2H3,(H2,16,17). The molecule has 0 radical (unpaired) electrons. The van der Waals surface area contributed by atoms with Crippen molar-refractivity contribution < 1.29 is 9.94 Å². The van der Waals surface area contributed by atoms with Gasteiger partial charge in [0.15, 0.2) is 5.84 Å². The van der Waals surface area contributed by atoms with E-state index < -0.39 is 0 Å². The van der Waals surface area contributed by atoms with Gasteiger partial charge in [0, 0.05) is 15.4 Å². The summed E-state index contributed by atoms with van der Waals surface area (Å²) in [7, 11) is 1.61. The Balaban J connectivity index is 2.39. The monoisotopic (exact) mass is 288 g/mol. The van der Waals surface area contributed by atoms with Crippen LogP contribution in [0.5, 0.6) is 5.75 Å². The summed E-state index contributed by atoms with van der Waals surface area (Å²) >= 11 is 1.54. The van der Waals surface area contributed by atoms with E-state index in [9.17, 15) is 0 Å². The number of ether oxygens (including phenoxy) is 1. The van der Waals surface area contributed by atoms with Crippen LogP contribution < -0.4 is 10.5 Å². The van der Waals surface area contributed by atoms with Crippen molar-refractivity contribution in [2.24, 2.45) is 10.9 Å². The van der Waals surface area contributed by atoms with Gasteiger partial charge in [-0.2, -0.15) is 0 Å². The number of oxime groups is 1. The smallest absolute Gasteiger partial charge is 0.171 e. The molecular weight excluding hydrogens is 272 g/mol. The van der Waals surface area contributed by atoms with Crippen molar-refractivity contribution in [1.29, 1.82) is 0 Å². The van der Waals surface area contributed by atoms with E-state index in [-0.39, 0.29) is 5.84 Å². The predicted octanol–water partition coefficient (Wildman–Crippen LogP) is 3.25. The summed E-state index contributed by atoms with van der Waals surface area (Å²) in [6, 6.07) is 13.6. The Bertz CT molecular complexity index is 624. The molecule has 0 aliphatic rings. The normalized spacial score (nSPS) is 11.4. The lowest BCUT2D eigenvalue weighted by molar-refractivity contribution is 0.318. The minimum Gasteiger partial charge on any atom is -0.497 e. The zero-order chi connectivity index (χ0) is 14.5. The number of methoxy groups -OCH3 is 1. The summed E-state index contributed by atoms with van der Waals surface area (Å²) in [4.78, 5) is 1.96. The van der Waals surface area contributed by atoms with Crippen molar-refractivity contribution in [3.8, 4) is 5.75 Å². The van der Waals surface area contributed by atoms with Crippen molar-refractivity contribution >= 4 is 17.6 Å². The Morgan fingerprint density at radius 2 is 1.90 bits per heavy atom. The average Bonchev–Trinajstić information content (AvgIpc) is 2.48. The van der Waals surface area contributed by atoms with Gasteiger partial charge in [0.25, 0.3) is 0 Å². The highest BCUT2D eigenvalue weighted by atomic mass is 32.2. The van der Waals surface area contributed by atoms with E-state index in [2.05, 4.69) is 5.16 Å². The van der Waals surface area contributed by atoms with Gasteiger partial charge in [0.2, 0.25) is 0 Å². The van der Waals surface area contributed by atoms with Gasteiger partial charge < -0.3 is 15.7 Å². The largest absolute Gasteiger partial charge is 0.497 e. The van der Waals surface area contributed by atoms with Gasteiger partial charge in [-0.25, -0.2) is 0 Å². The first kappa shape index (κ1) is 14.3. The number of nitrogens with zero attached hydrogens (tertiary/aromatic N) is 1. The highest BCUT2D eigenvalue weighted by Gasteiger charge is 2.10. The fourth-order valence-corrected chi connectivity index (χ4v) is 2.70. The summed E-state index contributed by atoms with van der Waals surface area (Å²) in [6.07, 6.45) is 0. The third kappa shape index (κ3) is 3.24. The van der Waals surface area contributed by atoms with Crippen LogP contribution in [-0.2, 0) is 0 Å². The summed E-state index contributed by atoms with van der Waals surface area (Å²) in [6.45, 7) is 2.04. The molecule has 0 fully saturated rings. The molecule has 0 unspecified atom stereocenters. The van der Waals surface area contributed by atoms with Crippen LogP contribution in [0, 0.1) is 6.92 Å². The third-order valence-corrected chi connectivity index (χ3v) is 3.89. The minimum absolute atomic E-state index is 0.0854. The maximum atomic E-state index is 8.86. The molecule has 2 rings (SSSR count). The fraction of sp³-hybridized carbons (Fsp3) is 0.133. The van der Waals surface area contributed by atoms with E-state index in [1.807, 2.05) is 37.3 Å². The molecule has 3 N–H and O–H groups in total. The maximum absolute atomic E-state index is 8.86. The predicted molar refractivity (Wildman–Crippen MR) is 80.8 cm³/mol. The molecule has 0 heterocycles. The molecule has 0 aliphatic heterocycles. The lowest BCUT2D eigenvalue weighted by Crippen LogP contribution is -2.14. The second-order valence-corrected chi connectivity index (χ2v) is 5.38. The van der Waals surface area contributed by atoms with E-state index in [0.717, 1.165) is 15.5 Å². The zero-order valence-corrected chi connectivity index (χ0v) is 12.1. The molecule has 0 saturated heterocycles. The van der Waals surface area contributed by atoms with Crippen LogP contribution in [-0.4, -0.2) is 18.2 Å². The van der Waals surface area contributed by atoms with Gasteiger partial charge in [0.1, 0.15) is 5.75 Å². The average molecular weight is 288 g/mol. The highest BCUT2D eigenvalue weighted by molar-refractivity contribution is 7.99. The van der Waals surface area contributed by atoms with Gasteiger partial charge in [-0.15, -0.1) is 0 Å². The molecule has 0 amide bonds. The number of aryl methyl sites for hydroxylation is 1. The van der Waals surface area contributed by atoms with E-state index in [4.69, 9.17) is 15.7 Å². The van der Waals surface area contributed by atoms with Crippen LogP contribution in [0.25, 0.3) is 0 Å². The minimum atomic E-state index is 0.0854. The highest BCUT2D eigenvalue weighted by Crippen LogP contribution is 2.33. The number of rotatable bonds is 4. The van der Waals surface area contributed by atoms with Crippen LogP contribution >= 0.6 is 11.8 Å². The van der Waals surface area contributed by atoms with Crippen molar-refractivity contribution in [2.75, 3.05) is 7.11 Å². The van der Waals surface area contributed by atoms with Crippen molar-refractivity contribution in [1.82, 2.24) is 0 Å². The van der Waals surface area contributed by atoms with Crippen LogP contribution in [0.3, 0.4) is 0 Å². The molecule has 0 aromatic heterocycles. The van der Waals surface area contributed by atoms with Gasteiger partial charge in [-0.1, -0.05) is 34.6 Å². The zero-order valence-electron chi connectivity index (χ0n) is 11.3. The maximum Gasteiger partial charge on any atom is 0.171 e. The Kier molecular flexibility index (Phi) is 4.53. The first-order valence-electron chi connectivity index (χ1n) is 6.04. The molecule has 0 aliphatic carbocycles. The number of benzene rings is 2. The molecular formula is C15H16N2O2S. The van der Waals surface area contributed by atoms with E-state index >= 15 is 0 Å². The first-order valence-corrected chi connectivity index (χ1v) is 6.86. The fourth-order valence-electron chi connectivity index (χ4n) is 1.71. The van der Waals surface area contributed by atoms with Crippen molar-refractivity contribution in [3.63, 3.8) is 0 Å². The third-order valence-electron chi connectivity index (χ3n) is 2.82. The Labute approximate surface area is 122 Å². The molecule has 0 spiro atoms. The number of hydrogen-bond donors (Lipinski definition) is 2. The van der Waals surface area contributed by atoms with E-state index in [0.29, 0.717) is 5.56 Å². The van der Waals surface area contributed by atoms with Gasteiger partial charge in [-0.3, -0.25) is 0 Å². The quantitative estimate of drug-likeness (QED) is 0.392. The van der Waals surface area contributed by atoms with Gasteiger partial charge in [-0.05, 0) is 37.3 Å². The number of amidine groups is 1. The second kappa shape index (κ2) is 6.34. The van der Waals surface area contributed by atoms with E-state index in [1.54, 1.807) is 31.0 Å². The van der Waals surface area contributed by atoms with Gasteiger partial charge >= 0.3 is 0 Å². The van der Waals surface area contributed by atoms with Gasteiger partial charge in [0.05, 0.1) is 7.11 Å². The summed E-state index contributed by atoms with van der Waals surface area (Å²) < 4.78 is 5.22. The Morgan fingerprint density at radius 3 is 2.50 bits per heavy atom. The molecule has 2 aromatic rings. The van der Waals surface area contributed by atoms with Crippen molar-refractivity contribution in [2.45, 2.75) is 16.7 Å². The summed E-state index contributed by atoms with van der Waals surface area (Å²) in [5.74, 6) is 0.816. The SMILES string of the molecule is COc1ccc(/C(N)=N/O)c(Sc2ccc(C)cc2)c1. The number of nitrogens with two attached hydrogens (primary N) is 1. The van der Waals surface area contributed by atoms with Crippen LogP contribution in [0.2, 0.25) is 0 Å². The van der Waals surface area contributed by atoms with E-state index in [1.165, 1.54) is 5.56 Å². The molecule has 2 aromatic carbocycles.